The largest absolute Gasteiger partial charge is 0.469 e. The molecular formula is C18H18O3. The Hall–Kier alpha value is -2.13. The first-order chi connectivity index (χ1) is 10.2. The van der Waals surface area contributed by atoms with Gasteiger partial charge >= 0.3 is 5.97 Å². The lowest BCUT2D eigenvalue weighted by atomic mass is 9.85. The van der Waals surface area contributed by atoms with Crippen LogP contribution < -0.4 is 0 Å². The fraction of sp³-hybridized carbons (Fsp3) is 0.278. The number of hydrogen-bond donors (Lipinski definition) is 1. The van der Waals surface area contributed by atoms with Crippen LogP contribution in [0.4, 0.5) is 0 Å². The molecule has 1 N–H and O–H groups in total. The van der Waals surface area contributed by atoms with E-state index in [4.69, 9.17) is 4.74 Å². The summed E-state index contributed by atoms with van der Waals surface area (Å²) < 4.78 is 4.80. The lowest BCUT2D eigenvalue weighted by Crippen LogP contribution is -2.25. The number of esters is 1. The van der Waals surface area contributed by atoms with Crippen LogP contribution in [0, 0.1) is 5.92 Å². The molecule has 0 bridgehead atoms. The number of aliphatic hydroxyl groups excluding tert-OH is 1. The minimum absolute atomic E-state index is 0.285. The lowest BCUT2D eigenvalue weighted by molar-refractivity contribution is -0.144. The van der Waals surface area contributed by atoms with E-state index < -0.39 is 6.10 Å². The number of benzene rings is 2. The van der Waals surface area contributed by atoms with Crippen molar-refractivity contribution in [2.24, 2.45) is 5.92 Å². The van der Waals surface area contributed by atoms with Gasteiger partial charge in [0.05, 0.1) is 19.1 Å². The molecule has 0 unspecified atom stereocenters. The van der Waals surface area contributed by atoms with Crippen LogP contribution in [0.1, 0.15) is 18.4 Å². The lowest BCUT2D eigenvalue weighted by Gasteiger charge is -2.24. The molecule has 0 amide bonds. The van der Waals surface area contributed by atoms with Gasteiger partial charge in [-0.15, -0.1) is 0 Å². The van der Waals surface area contributed by atoms with Crippen molar-refractivity contribution in [1.29, 1.82) is 0 Å². The molecule has 3 heteroatoms. The SMILES string of the molecule is COC(=O)[C@@H]1C=C(c2ccc3ccccc3c2)C[C@H](O)C1. The maximum atomic E-state index is 11.7. The third-order valence-corrected chi connectivity index (χ3v) is 4.01. The van der Waals surface area contributed by atoms with Crippen LogP contribution >= 0.6 is 0 Å². The normalized spacial score (nSPS) is 21.9. The zero-order chi connectivity index (χ0) is 14.8. The molecule has 0 aromatic heterocycles. The summed E-state index contributed by atoms with van der Waals surface area (Å²) >= 11 is 0. The average molecular weight is 282 g/mol. The molecule has 0 radical (unpaired) electrons. The molecule has 3 nitrogen and oxygen atoms in total. The summed E-state index contributed by atoms with van der Waals surface area (Å²) in [5, 5.41) is 12.4. The van der Waals surface area contributed by atoms with Crippen LogP contribution in [-0.4, -0.2) is 24.3 Å². The Morgan fingerprint density at radius 1 is 1.19 bits per heavy atom. The van der Waals surface area contributed by atoms with Crippen LogP contribution in [0.3, 0.4) is 0 Å². The Balaban J connectivity index is 1.99. The Bertz CT molecular complexity index is 702. The summed E-state index contributed by atoms with van der Waals surface area (Å²) in [4.78, 5) is 11.7. The van der Waals surface area contributed by atoms with Crippen LogP contribution in [-0.2, 0) is 9.53 Å². The van der Waals surface area contributed by atoms with Crippen molar-refractivity contribution in [3.63, 3.8) is 0 Å². The maximum Gasteiger partial charge on any atom is 0.312 e. The summed E-state index contributed by atoms with van der Waals surface area (Å²) in [6.07, 6.45) is 2.44. The molecule has 0 aliphatic heterocycles. The summed E-state index contributed by atoms with van der Waals surface area (Å²) in [6, 6.07) is 14.4. The van der Waals surface area contributed by atoms with E-state index in [1.807, 2.05) is 24.3 Å². The van der Waals surface area contributed by atoms with Crippen molar-refractivity contribution in [2.75, 3.05) is 7.11 Å². The molecule has 0 spiro atoms. The van der Waals surface area contributed by atoms with Gasteiger partial charge < -0.3 is 9.84 Å². The number of carbonyl (C=O) groups excluding carboxylic acids is 1. The summed E-state index contributed by atoms with van der Waals surface area (Å²) in [6.45, 7) is 0. The number of methoxy groups -OCH3 is 1. The number of ether oxygens (including phenoxy) is 1. The van der Waals surface area contributed by atoms with Gasteiger partial charge in [0.25, 0.3) is 0 Å². The molecule has 1 aliphatic rings. The molecule has 2 aromatic carbocycles. The molecular weight excluding hydrogens is 264 g/mol. The van der Waals surface area contributed by atoms with E-state index in [-0.39, 0.29) is 11.9 Å². The summed E-state index contributed by atoms with van der Waals surface area (Å²) in [5.74, 6) is -0.646. The van der Waals surface area contributed by atoms with Crippen molar-refractivity contribution in [3.8, 4) is 0 Å². The Morgan fingerprint density at radius 2 is 1.95 bits per heavy atom. The average Bonchev–Trinajstić information content (AvgIpc) is 2.53. The van der Waals surface area contributed by atoms with Gasteiger partial charge in [-0.3, -0.25) is 4.79 Å². The van der Waals surface area contributed by atoms with Gasteiger partial charge in [-0.1, -0.05) is 42.5 Å². The third-order valence-electron chi connectivity index (χ3n) is 4.01. The predicted octanol–water partition coefficient (Wildman–Crippen LogP) is 3.17. The predicted molar refractivity (Wildman–Crippen MR) is 82.7 cm³/mol. The molecule has 108 valence electrons. The van der Waals surface area contributed by atoms with Crippen molar-refractivity contribution in [1.82, 2.24) is 0 Å². The van der Waals surface area contributed by atoms with Gasteiger partial charge in [0.15, 0.2) is 0 Å². The minimum atomic E-state index is -0.499. The van der Waals surface area contributed by atoms with E-state index in [0.29, 0.717) is 12.8 Å². The molecule has 0 saturated heterocycles. The fourth-order valence-electron chi connectivity index (χ4n) is 2.93. The van der Waals surface area contributed by atoms with Gasteiger partial charge in [0.2, 0.25) is 0 Å². The van der Waals surface area contributed by atoms with Crippen LogP contribution in [0.2, 0.25) is 0 Å². The van der Waals surface area contributed by atoms with Crippen LogP contribution in [0.15, 0.2) is 48.5 Å². The number of fused-ring (bicyclic) bond motifs is 1. The second kappa shape index (κ2) is 5.70. The van der Waals surface area contributed by atoms with E-state index >= 15 is 0 Å². The standard InChI is InChI=1S/C18H18O3/c1-21-18(20)16-9-15(10-17(19)11-16)14-7-6-12-4-2-3-5-13(12)8-14/h2-9,16-17,19H,10-11H2,1H3/t16-,17+/m1/s1. The quantitative estimate of drug-likeness (QED) is 0.861. The van der Waals surface area contributed by atoms with E-state index in [9.17, 15) is 9.90 Å². The zero-order valence-corrected chi connectivity index (χ0v) is 12.0. The Labute approximate surface area is 123 Å². The van der Waals surface area contributed by atoms with Gasteiger partial charge in [0.1, 0.15) is 0 Å². The van der Waals surface area contributed by atoms with E-state index in [1.54, 1.807) is 0 Å². The third kappa shape index (κ3) is 2.83. The number of hydrogen-bond acceptors (Lipinski definition) is 3. The number of carbonyl (C=O) groups is 1. The molecule has 21 heavy (non-hydrogen) atoms. The van der Waals surface area contributed by atoms with Gasteiger partial charge in [0, 0.05) is 0 Å². The Kier molecular flexibility index (Phi) is 3.76. The van der Waals surface area contributed by atoms with Gasteiger partial charge in [-0.2, -0.15) is 0 Å². The van der Waals surface area contributed by atoms with E-state index in [0.717, 1.165) is 16.5 Å². The Morgan fingerprint density at radius 3 is 2.71 bits per heavy atom. The topological polar surface area (TPSA) is 46.5 Å². The molecule has 0 fully saturated rings. The van der Waals surface area contributed by atoms with Crippen molar-refractivity contribution in [2.45, 2.75) is 18.9 Å². The molecule has 3 rings (SSSR count). The highest BCUT2D eigenvalue weighted by Crippen LogP contribution is 2.32. The minimum Gasteiger partial charge on any atom is -0.469 e. The molecule has 2 aromatic rings. The van der Waals surface area contributed by atoms with Gasteiger partial charge in [-0.05, 0) is 40.8 Å². The van der Waals surface area contributed by atoms with Gasteiger partial charge in [-0.25, -0.2) is 0 Å². The summed E-state index contributed by atoms with van der Waals surface area (Å²) in [7, 11) is 1.38. The van der Waals surface area contributed by atoms with Crippen LogP contribution in [0.25, 0.3) is 16.3 Å². The van der Waals surface area contributed by atoms with E-state index in [1.165, 1.54) is 12.5 Å². The number of rotatable bonds is 2. The monoisotopic (exact) mass is 282 g/mol. The highest BCUT2D eigenvalue weighted by atomic mass is 16.5. The second-order valence-electron chi connectivity index (χ2n) is 5.48. The zero-order valence-electron chi connectivity index (χ0n) is 12.0. The summed E-state index contributed by atoms with van der Waals surface area (Å²) in [5.41, 5.74) is 2.07. The van der Waals surface area contributed by atoms with Crippen molar-refractivity contribution >= 4 is 22.3 Å². The smallest absolute Gasteiger partial charge is 0.312 e. The highest BCUT2D eigenvalue weighted by molar-refractivity contribution is 5.87. The highest BCUT2D eigenvalue weighted by Gasteiger charge is 2.27. The molecule has 0 saturated carbocycles. The number of aliphatic hydroxyl groups is 1. The maximum absolute atomic E-state index is 11.7. The molecule has 1 aliphatic carbocycles. The van der Waals surface area contributed by atoms with Crippen molar-refractivity contribution < 1.29 is 14.6 Å². The van der Waals surface area contributed by atoms with Crippen LogP contribution in [0.5, 0.6) is 0 Å². The van der Waals surface area contributed by atoms with Crippen molar-refractivity contribution in [3.05, 3.63) is 54.1 Å². The molecule has 0 heterocycles. The first-order valence-corrected chi connectivity index (χ1v) is 7.13. The molecule has 2 atom stereocenters. The first-order valence-electron chi connectivity index (χ1n) is 7.13. The van der Waals surface area contributed by atoms with E-state index in [2.05, 4.69) is 24.3 Å². The first kappa shape index (κ1) is 13.8. The second-order valence-corrected chi connectivity index (χ2v) is 5.48. The fourth-order valence-corrected chi connectivity index (χ4v) is 2.93.